The van der Waals surface area contributed by atoms with Crippen LogP contribution in [0.3, 0.4) is 0 Å². The van der Waals surface area contributed by atoms with Crippen molar-refractivity contribution in [3.8, 4) is 5.75 Å². The molecule has 2 aromatic rings. The van der Waals surface area contributed by atoms with Gasteiger partial charge in [-0.05, 0) is 38.8 Å². The number of imidazole rings is 1. The molecule has 0 bridgehead atoms. The van der Waals surface area contributed by atoms with Crippen LogP contribution in [0, 0.1) is 0 Å². The molecule has 1 aromatic carbocycles. The fourth-order valence-corrected chi connectivity index (χ4v) is 4.48. The van der Waals surface area contributed by atoms with Crippen LogP contribution in [0.4, 0.5) is 0 Å². The minimum Gasteiger partial charge on any atom is -0.497 e. The number of aromatic nitrogens is 2. The Balaban J connectivity index is 1.69. The summed E-state index contributed by atoms with van der Waals surface area (Å²) in [6.07, 6.45) is 6.06. The number of hydrogen-bond acceptors (Lipinski definition) is 4. The predicted octanol–water partition coefficient (Wildman–Crippen LogP) is 4.23. The molecule has 0 radical (unpaired) electrons. The van der Waals surface area contributed by atoms with Gasteiger partial charge in [0.1, 0.15) is 5.75 Å². The van der Waals surface area contributed by atoms with E-state index in [1.807, 2.05) is 25.1 Å². The van der Waals surface area contributed by atoms with Crippen molar-refractivity contribution >= 4 is 28.7 Å². The summed E-state index contributed by atoms with van der Waals surface area (Å²) in [5.41, 5.74) is 1.82. The Morgan fingerprint density at radius 3 is 2.84 bits per heavy atom. The van der Waals surface area contributed by atoms with Crippen LogP contribution in [0.1, 0.15) is 46.0 Å². The van der Waals surface area contributed by atoms with Crippen LogP contribution in [0.5, 0.6) is 5.75 Å². The number of carbonyl (C=O) groups is 1. The smallest absolute Gasteiger partial charge is 0.236 e. The molecular formula is C19H27N3O2S. The Morgan fingerprint density at radius 1 is 1.40 bits per heavy atom. The van der Waals surface area contributed by atoms with Crippen molar-refractivity contribution in [1.82, 2.24) is 14.9 Å². The molecule has 0 saturated heterocycles. The number of amides is 1. The Labute approximate surface area is 153 Å². The van der Waals surface area contributed by atoms with Gasteiger partial charge in [0.05, 0.1) is 23.4 Å². The number of nitrogens with one attached hydrogen (secondary N) is 1. The van der Waals surface area contributed by atoms with E-state index in [4.69, 9.17) is 4.74 Å². The maximum atomic E-state index is 12.9. The number of nitrogens with zero attached hydrogens (tertiary/aromatic N) is 2. The van der Waals surface area contributed by atoms with E-state index < -0.39 is 0 Å². The minimum atomic E-state index is -0.149. The number of thioether (sulfide) groups is 1. The molecule has 0 spiro atoms. The van der Waals surface area contributed by atoms with Gasteiger partial charge in [0.25, 0.3) is 0 Å². The fourth-order valence-electron chi connectivity index (χ4n) is 3.59. The third-order valence-electron chi connectivity index (χ3n) is 4.94. The number of benzene rings is 1. The van der Waals surface area contributed by atoms with Crippen LogP contribution in [0.15, 0.2) is 23.4 Å². The SMILES string of the molecule is CCN(C(=O)C(C)Sc1nc2ccc(OC)cc2[nH]1)C1CCCCC1. The molecule has 0 aliphatic heterocycles. The first-order valence-corrected chi connectivity index (χ1v) is 10.0. The zero-order chi connectivity index (χ0) is 17.8. The van der Waals surface area contributed by atoms with Gasteiger partial charge in [-0.3, -0.25) is 4.79 Å². The lowest BCUT2D eigenvalue weighted by Crippen LogP contribution is -2.44. The number of ether oxygens (including phenoxy) is 1. The molecule has 1 N–H and O–H groups in total. The highest BCUT2D eigenvalue weighted by Crippen LogP contribution is 2.29. The van der Waals surface area contributed by atoms with Crippen LogP contribution in [0.2, 0.25) is 0 Å². The number of carbonyl (C=O) groups excluding carboxylic acids is 1. The van der Waals surface area contributed by atoms with Crippen LogP contribution in [-0.2, 0) is 4.79 Å². The number of rotatable bonds is 6. The third kappa shape index (κ3) is 4.11. The standard InChI is InChI=1S/C19H27N3O2S/c1-4-22(14-8-6-5-7-9-14)18(23)13(2)25-19-20-16-11-10-15(24-3)12-17(16)21-19/h10-14H,4-9H2,1-3H3,(H,20,21). The van der Waals surface area contributed by atoms with E-state index in [0.29, 0.717) is 6.04 Å². The summed E-state index contributed by atoms with van der Waals surface area (Å²) in [7, 11) is 1.65. The van der Waals surface area contributed by atoms with E-state index >= 15 is 0 Å². The quantitative estimate of drug-likeness (QED) is 0.782. The highest BCUT2D eigenvalue weighted by atomic mass is 32.2. The van der Waals surface area contributed by atoms with Gasteiger partial charge in [-0.2, -0.15) is 0 Å². The highest BCUT2D eigenvalue weighted by molar-refractivity contribution is 8.00. The second-order valence-electron chi connectivity index (χ2n) is 6.60. The molecular weight excluding hydrogens is 334 g/mol. The molecule has 1 aliphatic carbocycles. The van der Waals surface area contributed by atoms with Gasteiger partial charge in [-0.15, -0.1) is 0 Å². The van der Waals surface area contributed by atoms with E-state index in [0.717, 1.165) is 41.3 Å². The first kappa shape index (κ1) is 18.1. The normalized spacial score (nSPS) is 16.8. The minimum absolute atomic E-state index is 0.149. The van der Waals surface area contributed by atoms with Crippen molar-refractivity contribution in [2.24, 2.45) is 0 Å². The summed E-state index contributed by atoms with van der Waals surface area (Å²) in [5.74, 6) is 1.02. The average Bonchev–Trinajstić information content (AvgIpc) is 3.04. The lowest BCUT2D eigenvalue weighted by molar-refractivity contribution is -0.133. The van der Waals surface area contributed by atoms with Crippen molar-refractivity contribution in [3.05, 3.63) is 18.2 Å². The number of hydrogen-bond donors (Lipinski definition) is 1. The summed E-state index contributed by atoms with van der Waals surface area (Å²) in [6.45, 7) is 4.84. The van der Waals surface area contributed by atoms with Gasteiger partial charge >= 0.3 is 0 Å². The predicted molar refractivity (Wildman–Crippen MR) is 102 cm³/mol. The van der Waals surface area contributed by atoms with Gasteiger partial charge in [0.2, 0.25) is 5.91 Å². The number of aromatic amines is 1. The van der Waals surface area contributed by atoms with Crippen molar-refractivity contribution < 1.29 is 9.53 Å². The van der Waals surface area contributed by atoms with Gasteiger partial charge in [-0.25, -0.2) is 4.98 Å². The second-order valence-corrected chi connectivity index (χ2v) is 7.93. The molecule has 1 fully saturated rings. The molecule has 1 amide bonds. The lowest BCUT2D eigenvalue weighted by atomic mass is 9.94. The zero-order valence-corrected chi connectivity index (χ0v) is 16.1. The van der Waals surface area contributed by atoms with Crippen molar-refractivity contribution in [1.29, 1.82) is 0 Å². The first-order chi connectivity index (χ1) is 12.1. The Morgan fingerprint density at radius 2 is 2.16 bits per heavy atom. The molecule has 1 aliphatic rings. The molecule has 1 aromatic heterocycles. The molecule has 136 valence electrons. The Hall–Kier alpha value is -1.69. The van der Waals surface area contributed by atoms with E-state index in [1.54, 1.807) is 7.11 Å². The van der Waals surface area contributed by atoms with Crippen molar-refractivity contribution in [3.63, 3.8) is 0 Å². The summed E-state index contributed by atoms with van der Waals surface area (Å²) in [5, 5.41) is 0.633. The molecule has 1 atom stereocenters. The van der Waals surface area contributed by atoms with E-state index in [-0.39, 0.29) is 11.2 Å². The molecule has 5 nitrogen and oxygen atoms in total. The number of methoxy groups -OCH3 is 1. The maximum Gasteiger partial charge on any atom is 0.236 e. The molecule has 1 saturated carbocycles. The van der Waals surface area contributed by atoms with Crippen LogP contribution in [0.25, 0.3) is 11.0 Å². The molecule has 3 rings (SSSR count). The van der Waals surface area contributed by atoms with E-state index in [2.05, 4.69) is 21.8 Å². The van der Waals surface area contributed by atoms with E-state index in [1.165, 1.54) is 31.0 Å². The third-order valence-corrected chi connectivity index (χ3v) is 5.91. The summed E-state index contributed by atoms with van der Waals surface area (Å²) < 4.78 is 5.25. The maximum absolute atomic E-state index is 12.9. The monoisotopic (exact) mass is 361 g/mol. The fraction of sp³-hybridized carbons (Fsp3) is 0.579. The average molecular weight is 362 g/mol. The number of fused-ring (bicyclic) bond motifs is 1. The topological polar surface area (TPSA) is 58.2 Å². The van der Waals surface area contributed by atoms with Gasteiger partial charge in [0, 0.05) is 18.7 Å². The van der Waals surface area contributed by atoms with Crippen LogP contribution >= 0.6 is 11.8 Å². The van der Waals surface area contributed by atoms with E-state index in [9.17, 15) is 4.79 Å². The van der Waals surface area contributed by atoms with Crippen molar-refractivity contribution in [2.75, 3.05) is 13.7 Å². The Bertz CT molecular complexity index is 725. The zero-order valence-electron chi connectivity index (χ0n) is 15.2. The first-order valence-electron chi connectivity index (χ1n) is 9.13. The van der Waals surface area contributed by atoms with Crippen LogP contribution in [-0.4, -0.2) is 45.7 Å². The molecule has 25 heavy (non-hydrogen) atoms. The molecule has 1 unspecified atom stereocenters. The lowest BCUT2D eigenvalue weighted by Gasteiger charge is -2.35. The Kier molecular flexibility index (Phi) is 5.89. The molecule has 1 heterocycles. The highest BCUT2D eigenvalue weighted by Gasteiger charge is 2.28. The molecule has 6 heteroatoms. The summed E-state index contributed by atoms with van der Waals surface area (Å²) in [4.78, 5) is 22.9. The second kappa shape index (κ2) is 8.13. The number of H-pyrrole nitrogens is 1. The van der Waals surface area contributed by atoms with Crippen LogP contribution < -0.4 is 4.74 Å². The summed E-state index contributed by atoms with van der Waals surface area (Å²) in [6, 6.07) is 6.17. The van der Waals surface area contributed by atoms with Crippen molar-refractivity contribution in [2.45, 2.75) is 62.4 Å². The summed E-state index contributed by atoms with van der Waals surface area (Å²) >= 11 is 1.50. The van der Waals surface area contributed by atoms with Gasteiger partial charge in [0.15, 0.2) is 5.16 Å². The van der Waals surface area contributed by atoms with Gasteiger partial charge in [-0.1, -0.05) is 31.0 Å². The van der Waals surface area contributed by atoms with Gasteiger partial charge < -0.3 is 14.6 Å². The largest absolute Gasteiger partial charge is 0.497 e.